The van der Waals surface area contributed by atoms with Gasteiger partial charge in [0.25, 0.3) is 0 Å². The molecule has 0 saturated heterocycles. The average Bonchev–Trinajstić information content (AvgIpc) is 2.46. The van der Waals surface area contributed by atoms with Gasteiger partial charge >= 0.3 is 5.97 Å². The van der Waals surface area contributed by atoms with Crippen molar-refractivity contribution in [3.05, 3.63) is 29.3 Å². The van der Waals surface area contributed by atoms with Gasteiger partial charge in [-0.2, -0.15) is 0 Å². The van der Waals surface area contributed by atoms with Crippen molar-refractivity contribution in [1.82, 2.24) is 0 Å². The van der Waals surface area contributed by atoms with Crippen LogP contribution in [0.1, 0.15) is 31.9 Å². The first-order valence-electron chi connectivity index (χ1n) is 7.57. The summed E-state index contributed by atoms with van der Waals surface area (Å²) in [6.45, 7) is 5.46. The molecule has 0 fully saturated rings. The fourth-order valence-electron chi connectivity index (χ4n) is 2.69. The van der Waals surface area contributed by atoms with Crippen LogP contribution in [0.2, 0.25) is 0 Å². The Balaban J connectivity index is 2.27. The Morgan fingerprint density at radius 2 is 2.09 bits per heavy atom. The largest absolute Gasteiger partial charge is 0.476 e. The van der Waals surface area contributed by atoms with Crippen LogP contribution in [0.25, 0.3) is 0 Å². The summed E-state index contributed by atoms with van der Waals surface area (Å²) in [5, 5.41) is 10.1. The topological polar surface area (TPSA) is 65.0 Å². The summed E-state index contributed by atoms with van der Waals surface area (Å²) in [4.78, 5) is 12.0. The Morgan fingerprint density at radius 1 is 1.36 bits per heavy atom. The normalized spacial score (nSPS) is 21.1. The van der Waals surface area contributed by atoms with Gasteiger partial charge in [0.2, 0.25) is 0 Å². The predicted molar refractivity (Wildman–Crippen MR) is 82.0 cm³/mol. The first-order chi connectivity index (χ1) is 10.4. The zero-order chi connectivity index (χ0) is 16.3. The molecular formula is C17H24O5. The zero-order valence-corrected chi connectivity index (χ0v) is 13.6. The van der Waals surface area contributed by atoms with E-state index in [0.29, 0.717) is 25.2 Å². The third kappa shape index (κ3) is 3.42. The van der Waals surface area contributed by atoms with E-state index in [1.54, 1.807) is 27.9 Å². The minimum Gasteiger partial charge on any atom is -0.476 e. The molecule has 1 N–H and O–H groups in total. The molecule has 0 radical (unpaired) electrons. The van der Waals surface area contributed by atoms with Crippen molar-refractivity contribution in [1.29, 1.82) is 0 Å². The van der Waals surface area contributed by atoms with E-state index in [0.717, 1.165) is 11.1 Å². The van der Waals surface area contributed by atoms with E-state index >= 15 is 0 Å². The Hall–Kier alpha value is -1.59. The summed E-state index contributed by atoms with van der Waals surface area (Å²) in [5.74, 6) is 0.247. The molecule has 5 nitrogen and oxygen atoms in total. The van der Waals surface area contributed by atoms with Crippen LogP contribution < -0.4 is 4.74 Å². The quantitative estimate of drug-likeness (QED) is 0.841. The van der Waals surface area contributed by atoms with Gasteiger partial charge in [0.05, 0.1) is 18.8 Å². The predicted octanol–water partition coefficient (Wildman–Crippen LogP) is 1.88. The zero-order valence-electron chi connectivity index (χ0n) is 13.6. The highest BCUT2D eigenvalue weighted by Gasteiger charge is 2.34. The second-order valence-corrected chi connectivity index (χ2v) is 5.98. The maximum atomic E-state index is 12.0. The first kappa shape index (κ1) is 16.8. The third-order valence-electron chi connectivity index (χ3n) is 3.93. The summed E-state index contributed by atoms with van der Waals surface area (Å²) >= 11 is 0. The number of fused-ring (bicyclic) bond motifs is 1. The molecule has 5 heteroatoms. The molecule has 1 aliphatic rings. The monoisotopic (exact) mass is 308 g/mol. The number of carbonyl (C=O) groups excluding carboxylic acids is 1. The van der Waals surface area contributed by atoms with Crippen molar-refractivity contribution in [2.45, 2.75) is 51.4 Å². The van der Waals surface area contributed by atoms with Crippen LogP contribution in [-0.2, 0) is 27.1 Å². The van der Waals surface area contributed by atoms with Gasteiger partial charge in [-0.1, -0.05) is 12.1 Å². The van der Waals surface area contributed by atoms with Gasteiger partial charge in [0, 0.05) is 25.5 Å². The summed E-state index contributed by atoms with van der Waals surface area (Å²) in [7, 11) is 1.59. The van der Waals surface area contributed by atoms with Crippen LogP contribution in [0, 0.1) is 0 Å². The van der Waals surface area contributed by atoms with Crippen LogP contribution >= 0.6 is 0 Å². The second-order valence-electron chi connectivity index (χ2n) is 5.98. The fourth-order valence-corrected chi connectivity index (χ4v) is 2.69. The smallest absolute Gasteiger partial charge is 0.349 e. The molecule has 0 amide bonds. The van der Waals surface area contributed by atoms with E-state index < -0.39 is 17.7 Å². The molecule has 22 heavy (non-hydrogen) atoms. The molecule has 0 saturated carbocycles. The van der Waals surface area contributed by atoms with Crippen LogP contribution in [0.4, 0.5) is 0 Å². The SMILES string of the molecule is CCOC(=O)C(C)(C)Oc1cccc2c1C[C@@H](OC)[C@H](O)C2. The Bertz CT molecular complexity index is 538. The minimum absolute atomic E-state index is 0.261. The highest BCUT2D eigenvalue weighted by Crippen LogP contribution is 2.33. The lowest BCUT2D eigenvalue weighted by molar-refractivity contribution is -0.158. The Morgan fingerprint density at radius 3 is 2.73 bits per heavy atom. The molecule has 0 bridgehead atoms. The van der Waals surface area contributed by atoms with Crippen LogP contribution in [0.15, 0.2) is 18.2 Å². The third-order valence-corrected chi connectivity index (χ3v) is 3.93. The molecule has 122 valence electrons. The number of aliphatic hydroxyl groups is 1. The molecule has 1 aromatic rings. The second kappa shape index (κ2) is 6.67. The van der Waals surface area contributed by atoms with Crippen molar-refractivity contribution >= 4 is 5.97 Å². The van der Waals surface area contributed by atoms with Gasteiger partial charge in [0.15, 0.2) is 5.60 Å². The molecule has 2 rings (SSSR count). The Labute approximate surface area is 131 Å². The summed E-state index contributed by atoms with van der Waals surface area (Å²) in [6, 6.07) is 5.67. The fraction of sp³-hybridized carbons (Fsp3) is 0.588. The summed E-state index contributed by atoms with van der Waals surface area (Å²) in [5.41, 5.74) is 0.944. The molecular weight excluding hydrogens is 284 g/mol. The van der Waals surface area contributed by atoms with E-state index in [-0.39, 0.29) is 6.10 Å². The molecule has 0 heterocycles. The molecule has 0 aromatic heterocycles. The molecule has 2 atom stereocenters. The number of esters is 1. The molecule has 0 aliphatic heterocycles. The van der Waals surface area contributed by atoms with Gasteiger partial charge in [-0.05, 0) is 32.4 Å². The highest BCUT2D eigenvalue weighted by atomic mass is 16.6. The number of methoxy groups -OCH3 is 1. The van der Waals surface area contributed by atoms with Crippen molar-refractivity contribution in [3.63, 3.8) is 0 Å². The van der Waals surface area contributed by atoms with Gasteiger partial charge in [-0.25, -0.2) is 4.79 Å². The van der Waals surface area contributed by atoms with E-state index in [1.807, 2.05) is 18.2 Å². The maximum Gasteiger partial charge on any atom is 0.349 e. The average molecular weight is 308 g/mol. The number of hydrogen-bond donors (Lipinski definition) is 1. The van der Waals surface area contributed by atoms with Gasteiger partial charge in [-0.15, -0.1) is 0 Å². The van der Waals surface area contributed by atoms with Crippen molar-refractivity contribution in [2.75, 3.05) is 13.7 Å². The van der Waals surface area contributed by atoms with Gasteiger partial charge < -0.3 is 19.3 Å². The molecule has 1 aromatic carbocycles. The van der Waals surface area contributed by atoms with Crippen LogP contribution in [0.5, 0.6) is 5.75 Å². The number of benzene rings is 1. The standard InChI is InChI=1S/C17H24O5/c1-5-21-16(19)17(2,3)22-14-8-6-7-11-9-13(18)15(20-4)10-12(11)14/h6-8,13,15,18H,5,9-10H2,1-4H3/t13-,15-/m1/s1. The van der Waals surface area contributed by atoms with Gasteiger partial charge in [-0.3, -0.25) is 0 Å². The molecule has 0 unspecified atom stereocenters. The van der Waals surface area contributed by atoms with Crippen molar-refractivity contribution in [3.8, 4) is 5.75 Å². The Kier molecular flexibility index (Phi) is 5.08. The van der Waals surface area contributed by atoms with Crippen LogP contribution in [-0.4, -0.2) is 42.6 Å². The van der Waals surface area contributed by atoms with Crippen LogP contribution in [0.3, 0.4) is 0 Å². The van der Waals surface area contributed by atoms with E-state index in [1.165, 1.54) is 0 Å². The summed E-state index contributed by atoms with van der Waals surface area (Å²) < 4.78 is 16.3. The number of hydrogen-bond acceptors (Lipinski definition) is 5. The number of ether oxygens (including phenoxy) is 3. The maximum absolute atomic E-state index is 12.0. The molecule has 0 spiro atoms. The number of aliphatic hydroxyl groups excluding tert-OH is 1. The lowest BCUT2D eigenvalue weighted by atomic mass is 9.87. The van der Waals surface area contributed by atoms with E-state index in [9.17, 15) is 9.90 Å². The number of rotatable bonds is 5. The summed E-state index contributed by atoms with van der Waals surface area (Å²) in [6.07, 6.45) is 0.293. The number of carbonyl (C=O) groups is 1. The van der Waals surface area contributed by atoms with E-state index in [4.69, 9.17) is 14.2 Å². The minimum atomic E-state index is -1.07. The highest BCUT2D eigenvalue weighted by molar-refractivity contribution is 5.79. The lowest BCUT2D eigenvalue weighted by Gasteiger charge is -2.32. The lowest BCUT2D eigenvalue weighted by Crippen LogP contribution is -2.41. The molecule has 1 aliphatic carbocycles. The van der Waals surface area contributed by atoms with E-state index in [2.05, 4.69) is 0 Å². The van der Waals surface area contributed by atoms with Crippen molar-refractivity contribution in [2.24, 2.45) is 0 Å². The van der Waals surface area contributed by atoms with Gasteiger partial charge in [0.1, 0.15) is 5.75 Å². The first-order valence-corrected chi connectivity index (χ1v) is 7.57. The van der Waals surface area contributed by atoms with Crippen molar-refractivity contribution < 1.29 is 24.1 Å².